The third kappa shape index (κ3) is 7.31. The standard InChI is InChI=1S/C25H34N2O4/c1-24(2,3)18-10-13-21(20(15-18)25(4,5)6)31-16-23(29)27-26-22(28)14-17-8-11-19(30-7)12-9-17/h8-13,15H,14,16H2,1-7H3,(H,26,28)(H,27,29). The Balaban J connectivity index is 1.92. The SMILES string of the molecule is COc1ccc(CC(=O)NNC(=O)COc2ccc(C(C)(C)C)cc2C(C)(C)C)cc1. The molecular formula is C25H34N2O4. The van der Waals surface area contributed by atoms with Crippen molar-refractivity contribution in [3.05, 3.63) is 59.2 Å². The predicted molar refractivity (Wildman–Crippen MR) is 122 cm³/mol. The quantitative estimate of drug-likeness (QED) is 0.683. The Morgan fingerprint density at radius 1 is 0.839 bits per heavy atom. The normalized spacial score (nSPS) is 11.6. The van der Waals surface area contributed by atoms with Crippen molar-refractivity contribution in [3.8, 4) is 11.5 Å². The van der Waals surface area contributed by atoms with Gasteiger partial charge in [-0.05, 0) is 45.7 Å². The summed E-state index contributed by atoms with van der Waals surface area (Å²) in [4.78, 5) is 24.2. The van der Waals surface area contributed by atoms with Crippen molar-refractivity contribution in [1.82, 2.24) is 10.9 Å². The third-order valence-corrected chi connectivity index (χ3v) is 4.88. The Labute approximate surface area is 185 Å². The van der Waals surface area contributed by atoms with Gasteiger partial charge in [-0.25, -0.2) is 0 Å². The van der Waals surface area contributed by atoms with Crippen LogP contribution in [0.1, 0.15) is 58.2 Å². The average molecular weight is 427 g/mol. The largest absolute Gasteiger partial charge is 0.497 e. The molecule has 2 aromatic rings. The molecule has 0 aliphatic rings. The molecule has 6 heteroatoms. The molecule has 0 radical (unpaired) electrons. The van der Waals surface area contributed by atoms with Gasteiger partial charge in [0.05, 0.1) is 13.5 Å². The minimum atomic E-state index is -0.428. The van der Waals surface area contributed by atoms with Crippen molar-refractivity contribution < 1.29 is 19.1 Å². The van der Waals surface area contributed by atoms with Gasteiger partial charge in [0.15, 0.2) is 6.61 Å². The van der Waals surface area contributed by atoms with Gasteiger partial charge in [0.1, 0.15) is 11.5 Å². The monoisotopic (exact) mass is 426 g/mol. The van der Waals surface area contributed by atoms with Crippen LogP contribution in [0, 0.1) is 0 Å². The number of rotatable bonds is 6. The smallest absolute Gasteiger partial charge is 0.276 e. The first-order valence-corrected chi connectivity index (χ1v) is 10.4. The number of amides is 2. The molecule has 0 spiro atoms. The zero-order chi connectivity index (χ0) is 23.2. The molecule has 31 heavy (non-hydrogen) atoms. The van der Waals surface area contributed by atoms with E-state index in [0.717, 1.165) is 16.9 Å². The summed E-state index contributed by atoms with van der Waals surface area (Å²) < 4.78 is 10.9. The first-order chi connectivity index (χ1) is 14.4. The maximum atomic E-state index is 12.2. The van der Waals surface area contributed by atoms with Crippen LogP contribution in [0.25, 0.3) is 0 Å². The summed E-state index contributed by atoms with van der Waals surface area (Å²) in [6.45, 7) is 12.6. The Morgan fingerprint density at radius 3 is 2.00 bits per heavy atom. The van der Waals surface area contributed by atoms with E-state index >= 15 is 0 Å². The van der Waals surface area contributed by atoms with Gasteiger partial charge in [0.2, 0.25) is 5.91 Å². The summed E-state index contributed by atoms with van der Waals surface area (Å²) in [5, 5.41) is 0. The average Bonchev–Trinajstić information content (AvgIpc) is 2.69. The van der Waals surface area contributed by atoms with E-state index in [1.54, 1.807) is 31.4 Å². The van der Waals surface area contributed by atoms with Crippen molar-refractivity contribution in [3.63, 3.8) is 0 Å². The van der Waals surface area contributed by atoms with E-state index in [1.165, 1.54) is 5.56 Å². The number of hydrogen-bond acceptors (Lipinski definition) is 4. The predicted octanol–water partition coefficient (Wildman–Crippen LogP) is 4.06. The van der Waals surface area contributed by atoms with Gasteiger partial charge in [0, 0.05) is 0 Å². The van der Waals surface area contributed by atoms with Crippen LogP contribution in [0.5, 0.6) is 11.5 Å². The van der Waals surface area contributed by atoms with Gasteiger partial charge in [0.25, 0.3) is 5.91 Å². The van der Waals surface area contributed by atoms with Crippen LogP contribution < -0.4 is 20.3 Å². The fourth-order valence-corrected chi connectivity index (χ4v) is 3.00. The molecule has 2 N–H and O–H groups in total. The highest BCUT2D eigenvalue weighted by molar-refractivity contribution is 5.83. The van der Waals surface area contributed by atoms with Crippen LogP contribution in [0.15, 0.2) is 42.5 Å². The number of nitrogens with one attached hydrogen (secondary N) is 2. The number of methoxy groups -OCH3 is 1. The van der Waals surface area contributed by atoms with Gasteiger partial charge in [-0.1, -0.05) is 65.8 Å². The minimum Gasteiger partial charge on any atom is -0.497 e. The van der Waals surface area contributed by atoms with Crippen LogP contribution >= 0.6 is 0 Å². The second-order valence-electron chi connectivity index (χ2n) is 9.62. The summed E-state index contributed by atoms with van der Waals surface area (Å²) in [6.07, 6.45) is 0.146. The number of carbonyl (C=O) groups is 2. The van der Waals surface area contributed by atoms with Crippen LogP contribution in [0.3, 0.4) is 0 Å². The first-order valence-electron chi connectivity index (χ1n) is 10.4. The molecule has 0 heterocycles. The second kappa shape index (κ2) is 9.86. The van der Waals surface area contributed by atoms with E-state index in [1.807, 2.05) is 12.1 Å². The van der Waals surface area contributed by atoms with Crippen molar-refractivity contribution in [2.75, 3.05) is 13.7 Å². The zero-order valence-electron chi connectivity index (χ0n) is 19.6. The zero-order valence-corrected chi connectivity index (χ0v) is 19.6. The maximum Gasteiger partial charge on any atom is 0.276 e. The van der Waals surface area contributed by atoms with Crippen molar-refractivity contribution in [1.29, 1.82) is 0 Å². The lowest BCUT2D eigenvalue weighted by atomic mass is 9.80. The number of ether oxygens (including phenoxy) is 2. The molecule has 2 amide bonds. The molecule has 0 aromatic heterocycles. The van der Waals surface area contributed by atoms with Gasteiger partial charge in [-0.3, -0.25) is 20.4 Å². The molecule has 0 saturated carbocycles. The van der Waals surface area contributed by atoms with Crippen molar-refractivity contribution >= 4 is 11.8 Å². The van der Waals surface area contributed by atoms with Crippen molar-refractivity contribution in [2.45, 2.75) is 58.8 Å². The summed E-state index contributed by atoms with van der Waals surface area (Å²) in [7, 11) is 1.59. The topological polar surface area (TPSA) is 76.7 Å². The van der Waals surface area contributed by atoms with E-state index in [2.05, 4.69) is 58.5 Å². The second-order valence-corrected chi connectivity index (χ2v) is 9.62. The molecular weight excluding hydrogens is 392 g/mol. The molecule has 2 rings (SSSR count). The molecule has 0 saturated heterocycles. The molecule has 6 nitrogen and oxygen atoms in total. The van der Waals surface area contributed by atoms with Crippen LogP contribution in [0.2, 0.25) is 0 Å². The van der Waals surface area contributed by atoms with Crippen LogP contribution in [-0.4, -0.2) is 25.5 Å². The Hall–Kier alpha value is -3.02. The van der Waals surface area contributed by atoms with E-state index in [9.17, 15) is 9.59 Å². The summed E-state index contributed by atoms with van der Waals surface area (Å²) in [5.41, 5.74) is 7.76. The highest BCUT2D eigenvalue weighted by atomic mass is 16.5. The molecule has 168 valence electrons. The van der Waals surface area contributed by atoms with Crippen molar-refractivity contribution in [2.24, 2.45) is 0 Å². The van der Waals surface area contributed by atoms with E-state index in [4.69, 9.17) is 9.47 Å². The molecule has 0 atom stereocenters. The fourth-order valence-electron chi connectivity index (χ4n) is 3.00. The molecule has 0 unspecified atom stereocenters. The summed E-state index contributed by atoms with van der Waals surface area (Å²) in [6, 6.07) is 13.3. The molecule has 0 fully saturated rings. The number of carbonyl (C=O) groups excluding carboxylic acids is 2. The van der Waals surface area contributed by atoms with Crippen LogP contribution in [0.4, 0.5) is 0 Å². The van der Waals surface area contributed by atoms with Gasteiger partial charge >= 0.3 is 0 Å². The summed E-state index contributed by atoms with van der Waals surface area (Å²) in [5.74, 6) is 0.645. The minimum absolute atomic E-state index is 0.0179. The van der Waals surface area contributed by atoms with Crippen LogP contribution in [-0.2, 0) is 26.8 Å². The maximum absolute atomic E-state index is 12.2. The molecule has 0 aliphatic heterocycles. The molecule has 2 aromatic carbocycles. The Morgan fingerprint density at radius 2 is 1.45 bits per heavy atom. The van der Waals surface area contributed by atoms with Gasteiger partial charge in [-0.2, -0.15) is 0 Å². The first kappa shape index (κ1) is 24.3. The van der Waals surface area contributed by atoms with E-state index < -0.39 is 5.91 Å². The summed E-state index contributed by atoms with van der Waals surface area (Å²) >= 11 is 0. The molecule has 0 aliphatic carbocycles. The number of hydrogen-bond donors (Lipinski definition) is 2. The number of hydrazine groups is 1. The highest BCUT2D eigenvalue weighted by Gasteiger charge is 2.23. The van der Waals surface area contributed by atoms with Gasteiger partial charge < -0.3 is 9.47 Å². The lowest BCUT2D eigenvalue weighted by molar-refractivity contribution is -0.129. The Kier molecular flexibility index (Phi) is 7.71. The highest BCUT2D eigenvalue weighted by Crippen LogP contribution is 2.35. The third-order valence-electron chi connectivity index (χ3n) is 4.88. The van der Waals surface area contributed by atoms with E-state index in [0.29, 0.717) is 5.75 Å². The fraction of sp³-hybridized carbons (Fsp3) is 0.440. The molecule has 0 bridgehead atoms. The Bertz CT molecular complexity index is 907. The number of benzene rings is 2. The van der Waals surface area contributed by atoms with E-state index in [-0.39, 0.29) is 29.8 Å². The van der Waals surface area contributed by atoms with Gasteiger partial charge in [-0.15, -0.1) is 0 Å². The lowest BCUT2D eigenvalue weighted by Crippen LogP contribution is -2.44. The lowest BCUT2D eigenvalue weighted by Gasteiger charge is -2.27.